The van der Waals surface area contributed by atoms with Crippen molar-refractivity contribution in [2.24, 2.45) is 0 Å². The van der Waals surface area contributed by atoms with Crippen LogP contribution in [-0.4, -0.2) is 0 Å². The van der Waals surface area contributed by atoms with Crippen LogP contribution in [0.2, 0.25) is 0 Å². The van der Waals surface area contributed by atoms with Crippen molar-refractivity contribution in [3.8, 4) is 0 Å². The normalized spacial score (nSPS) is 10.4. The average molecular weight is 203 g/mol. The summed E-state index contributed by atoms with van der Waals surface area (Å²) in [6.45, 7) is 0. The summed E-state index contributed by atoms with van der Waals surface area (Å²) in [5.41, 5.74) is 0. The van der Waals surface area contributed by atoms with Crippen LogP contribution in [0.25, 0.3) is 0 Å². The molecule has 4 heteroatoms. The molecule has 0 spiro atoms. The van der Waals surface area contributed by atoms with Gasteiger partial charge in [-0.2, -0.15) is 6.08 Å². The first-order valence-corrected chi connectivity index (χ1v) is 2.47. The van der Waals surface area contributed by atoms with Crippen LogP contribution in [0.5, 0.6) is 0 Å². The monoisotopic (exact) mass is 202 g/mol. The van der Waals surface area contributed by atoms with E-state index in [1.807, 2.05) is 12.2 Å². The minimum atomic E-state index is 0. The molecule has 1 rings (SSSR count). The van der Waals surface area contributed by atoms with Gasteiger partial charge < -0.3 is 24.8 Å². The third-order valence-electron chi connectivity index (χ3n) is 0.586. The van der Waals surface area contributed by atoms with E-state index in [4.69, 9.17) is 3.67 Å². The molecule has 0 N–H and O–H groups in total. The molecule has 0 aromatic carbocycles. The Morgan fingerprint density at radius 3 is 2.00 bits per heavy atom. The van der Waals surface area contributed by atoms with Crippen LogP contribution in [0.3, 0.4) is 0 Å². The van der Waals surface area contributed by atoms with E-state index in [1.165, 1.54) is 0 Å². The Balaban J connectivity index is -0.0000000836. The van der Waals surface area contributed by atoms with Crippen molar-refractivity contribution in [1.82, 2.24) is 0 Å². The third kappa shape index (κ3) is 11.8. The summed E-state index contributed by atoms with van der Waals surface area (Å²) >= 11 is 1.06. The fourth-order valence-corrected chi connectivity index (χ4v) is 0.340. The number of allylic oxidation sites excluding steroid dienone is 4. The summed E-state index contributed by atoms with van der Waals surface area (Å²) in [6.07, 6.45) is 10.0. The maximum atomic E-state index is 8.19. The number of hydrogen-bond donors (Lipinski definition) is 0. The van der Waals surface area contributed by atoms with Gasteiger partial charge in [0.2, 0.25) is 0 Å². The maximum absolute atomic E-state index is 8.19. The summed E-state index contributed by atoms with van der Waals surface area (Å²) in [6, 6.07) is 0. The fourth-order valence-electron chi connectivity index (χ4n) is 0.340. The molecular weight excluding hydrogens is 198 g/mol. The van der Waals surface area contributed by atoms with Crippen LogP contribution >= 0.6 is 0 Å². The van der Waals surface area contributed by atoms with E-state index < -0.39 is 0 Å². The SMILES string of the molecule is [C-]1=CC=CC1.[Cl-].[Cl-].[O]=[V+2]. The van der Waals surface area contributed by atoms with E-state index in [-0.39, 0.29) is 24.8 Å². The number of rotatable bonds is 0. The van der Waals surface area contributed by atoms with Gasteiger partial charge in [-0.25, -0.2) is 12.2 Å². The minimum absolute atomic E-state index is 0. The summed E-state index contributed by atoms with van der Waals surface area (Å²) in [7, 11) is 0. The van der Waals surface area contributed by atoms with E-state index in [0.717, 1.165) is 23.8 Å². The topological polar surface area (TPSA) is 17.1 Å². The molecule has 0 saturated heterocycles. The Hall–Kier alpha value is 0.444. The van der Waals surface area contributed by atoms with Gasteiger partial charge in [-0.3, -0.25) is 6.08 Å². The second-order valence-corrected chi connectivity index (χ2v) is 1.00. The number of hydrogen-bond acceptors (Lipinski definition) is 1. The van der Waals surface area contributed by atoms with Crippen LogP contribution < -0.4 is 24.8 Å². The van der Waals surface area contributed by atoms with Crippen molar-refractivity contribution < 1.29 is 45.9 Å². The molecule has 1 nitrogen and oxygen atoms in total. The van der Waals surface area contributed by atoms with Crippen molar-refractivity contribution >= 4 is 0 Å². The van der Waals surface area contributed by atoms with Gasteiger partial charge in [-0.1, -0.05) is 0 Å². The number of halogens is 2. The standard InChI is InChI=1S/C5H5.2ClH.O.V/c1-2-4-5-3-1;;;;/h1-3H,4H2;2*1H;;/q-1;;;;+2/p-2. The third-order valence-corrected chi connectivity index (χ3v) is 0.586. The summed E-state index contributed by atoms with van der Waals surface area (Å²) in [4.78, 5) is 0. The molecule has 0 bridgehead atoms. The molecule has 0 saturated carbocycles. The van der Waals surface area contributed by atoms with Crippen LogP contribution in [0.15, 0.2) is 18.2 Å². The molecule has 0 fully saturated rings. The first-order valence-electron chi connectivity index (χ1n) is 1.90. The summed E-state index contributed by atoms with van der Waals surface area (Å²) in [5.74, 6) is 0. The Bertz CT molecular complexity index is 83.0. The van der Waals surface area contributed by atoms with Crippen LogP contribution in [0, 0.1) is 6.08 Å². The molecule has 1 aliphatic rings. The molecular formula is C5H5Cl2OV-. The van der Waals surface area contributed by atoms with Gasteiger partial charge in [0, 0.05) is 0 Å². The van der Waals surface area contributed by atoms with E-state index in [2.05, 4.69) is 12.2 Å². The van der Waals surface area contributed by atoms with Crippen molar-refractivity contribution in [2.45, 2.75) is 6.42 Å². The molecule has 0 amide bonds. The van der Waals surface area contributed by atoms with Gasteiger partial charge in [0.05, 0.1) is 0 Å². The molecule has 51 valence electrons. The Kier molecular flexibility index (Phi) is 28.4. The second kappa shape index (κ2) is 15.8. The quantitative estimate of drug-likeness (QED) is 0.361. The van der Waals surface area contributed by atoms with E-state index in [1.54, 1.807) is 0 Å². The van der Waals surface area contributed by atoms with Crippen LogP contribution in [-0.2, 0) is 21.0 Å². The van der Waals surface area contributed by atoms with Crippen molar-refractivity contribution in [3.05, 3.63) is 24.3 Å². The fraction of sp³-hybridized carbons (Fsp3) is 0.200. The molecule has 0 radical (unpaired) electrons. The van der Waals surface area contributed by atoms with Crippen molar-refractivity contribution in [1.29, 1.82) is 0 Å². The Labute approximate surface area is 76.6 Å². The van der Waals surface area contributed by atoms with Gasteiger partial charge in [0.15, 0.2) is 0 Å². The average Bonchev–Trinajstić information content (AvgIpc) is 2.23. The predicted molar refractivity (Wildman–Crippen MR) is 22.3 cm³/mol. The van der Waals surface area contributed by atoms with Gasteiger partial charge in [0.1, 0.15) is 0 Å². The van der Waals surface area contributed by atoms with Crippen LogP contribution in [0.4, 0.5) is 0 Å². The zero-order valence-electron chi connectivity index (χ0n) is 4.55. The second-order valence-electron chi connectivity index (χ2n) is 1.00. The molecule has 0 heterocycles. The summed E-state index contributed by atoms with van der Waals surface area (Å²) in [5, 5.41) is 0. The molecule has 9 heavy (non-hydrogen) atoms. The van der Waals surface area contributed by atoms with Gasteiger partial charge >= 0.3 is 21.0 Å². The first kappa shape index (κ1) is 16.2. The van der Waals surface area contributed by atoms with E-state index >= 15 is 0 Å². The van der Waals surface area contributed by atoms with Gasteiger partial charge in [0.25, 0.3) is 0 Å². The predicted octanol–water partition coefficient (Wildman–Crippen LogP) is -4.81. The molecule has 0 aromatic rings. The van der Waals surface area contributed by atoms with Crippen molar-refractivity contribution in [2.75, 3.05) is 0 Å². The van der Waals surface area contributed by atoms with Crippen molar-refractivity contribution in [3.63, 3.8) is 0 Å². The molecule has 0 atom stereocenters. The van der Waals surface area contributed by atoms with Gasteiger partial charge in [-0.15, -0.1) is 6.42 Å². The Morgan fingerprint density at radius 2 is 1.89 bits per heavy atom. The zero-order valence-corrected chi connectivity index (χ0v) is 7.46. The zero-order chi connectivity index (χ0) is 5.54. The molecule has 0 unspecified atom stereocenters. The Morgan fingerprint density at radius 1 is 1.33 bits per heavy atom. The van der Waals surface area contributed by atoms with E-state index in [0.29, 0.717) is 0 Å². The van der Waals surface area contributed by atoms with E-state index in [9.17, 15) is 0 Å². The molecule has 1 aliphatic carbocycles. The molecule has 0 aliphatic heterocycles. The summed E-state index contributed by atoms with van der Waals surface area (Å²) < 4.78 is 8.19. The van der Waals surface area contributed by atoms with Crippen LogP contribution in [0.1, 0.15) is 6.42 Å². The molecule has 0 aromatic heterocycles. The first-order chi connectivity index (χ1) is 3.50. The van der Waals surface area contributed by atoms with Gasteiger partial charge in [-0.05, 0) is 0 Å².